The lowest BCUT2D eigenvalue weighted by atomic mass is 10.1. The average Bonchev–Trinajstić information content (AvgIpc) is 3.10. The van der Waals surface area contributed by atoms with Crippen LogP contribution in [0.5, 0.6) is 0 Å². The molecule has 1 aliphatic heterocycles. The summed E-state index contributed by atoms with van der Waals surface area (Å²) in [6.45, 7) is 4.31. The molecule has 2 atom stereocenters. The molecule has 0 radical (unpaired) electrons. The van der Waals surface area contributed by atoms with Gasteiger partial charge >= 0.3 is 0 Å². The largest absolute Gasteiger partial charge is 0.350 e. The maximum absolute atomic E-state index is 12.6. The minimum absolute atomic E-state index is 0.0898. The fourth-order valence-electron chi connectivity index (χ4n) is 3.26. The van der Waals surface area contributed by atoms with Gasteiger partial charge in [0.15, 0.2) is 0 Å². The summed E-state index contributed by atoms with van der Waals surface area (Å²) in [5.41, 5.74) is 2.78. The topological polar surface area (TPSA) is 78.5 Å². The van der Waals surface area contributed by atoms with Crippen LogP contribution in [0.15, 0.2) is 53.0 Å². The first kappa shape index (κ1) is 21.0. The molecule has 0 bridgehead atoms. The number of rotatable bonds is 6. The average molecular weight is 458 g/mol. The molecule has 29 heavy (non-hydrogen) atoms. The number of nitrogens with zero attached hydrogens (tertiary/aromatic N) is 1. The number of anilines is 1. The van der Waals surface area contributed by atoms with E-state index in [1.807, 2.05) is 55.5 Å². The van der Waals surface area contributed by atoms with Gasteiger partial charge in [-0.1, -0.05) is 46.3 Å². The van der Waals surface area contributed by atoms with Crippen molar-refractivity contribution < 1.29 is 14.4 Å². The van der Waals surface area contributed by atoms with E-state index in [1.165, 1.54) is 0 Å². The second kappa shape index (κ2) is 9.22. The molecule has 6 nitrogen and oxygen atoms in total. The van der Waals surface area contributed by atoms with Gasteiger partial charge in [-0.05, 0) is 43.2 Å². The molecule has 2 unspecified atom stereocenters. The van der Waals surface area contributed by atoms with Crippen LogP contribution in [-0.4, -0.2) is 30.3 Å². The number of benzene rings is 2. The Morgan fingerprint density at radius 1 is 1.21 bits per heavy atom. The fourth-order valence-corrected chi connectivity index (χ4v) is 3.51. The van der Waals surface area contributed by atoms with Crippen molar-refractivity contribution in [1.29, 1.82) is 0 Å². The number of halogens is 1. The lowest BCUT2D eigenvalue weighted by Crippen LogP contribution is -2.46. The van der Waals surface area contributed by atoms with E-state index in [1.54, 1.807) is 11.8 Å². The smallest absolute Gasteiger partial charge is 0.242 e. The molecule has 7 heteroatoms. The van der Waals surface area contributed by atoms with Gasteiger partial charge in [0.2, 0.25) is 17.7 Å². The van der Waals surface area contributed by atoms with Crippen molar-refractivity contribution in [2.24, 2.45) is 5.92 Å². The van der Waals surface area contributed by atoms with Gasteiger partial charge in [-0.25, -0.2) is 0 Å². The van der Waals surface area contributed by atoms with E-state index >= 15 is 0 Å². The van der Waals surface area contributed by atoms with Crippen molar-refractivity contribution in [3.05, 3.63) is 64.1 Å². The van der Waals surface area contributed by atoms with E-state index in [4.69, 9.17) is 0 Å². The maximum atomic E-state index is 12.6. The van der Waals surface area contributed by atoms with Crippen LogP contribution < -0.4 is 15.5 Å². The van der Waals surface area contributed by atoms with E-state index < -0.39 is 12.0 Å². The van der Waals surface area contributed by atoms with Crippen molar-refractivity contribution in [3.63, 3.8) is 0 Å². The van der Waals surface area contributed by atoms with Crippen molar-refractivity contribution in [2.45, 2.75) is 32.9 Å². The van der Waals surface area contributed by atoms with Crippen LogP contribution in [0.4, 0.5) is 5.69 Å². The van der Waals surface area contributed by atoms with Crippen molar-refractivity contribution in [2.75, 3.05) is 11.4 Å². The maximum Gasteiger partial charge on any atom is 0.242 e. The Labute approximate surface area is 178 Å². The molecule has 152 valence electrons. The van der Waals surface area contributed by atoms with Crippen LogP contribution in [0.3, 0.4) is 0 Å². The third-order valence-electron chi connectivity index (χ3n) is 5.01. The molecular weight excluding hydrogens is 434 g/mol. The van der Waals surface area contributed by atoms with Crippen molar-refractivity contribution in [3.8, 4) is 0 Å². The summed E-state index contributed by atoms with van der Waals surface area (Å²) in [7, 11) is 0. The first-order chi connectivity index (χ1) is 13.8. The first-order valence-electron chi connectivity index (χ1n) is 9.53. The van der Waals surface area contributed by atoms with Crippen LogP contribution >= 0.6 is 15.9 Å². The van der Waals surface area contributed by atoms with E-state index in [-0.39, 0.29) is 24.1 Å². The van der Waals surface area contributed by atoms with Gasteiger partial charge in [-0.3, -0.25) is 14.4 Å². The summed E-state index contributed by atoms with van der Waals surface area (Å²) in [6, 6.07) is 14.6. The van der Waals surface area contributed by atoms with Crippen molar-refractivity contribution in [1.82, 2.24) is 10.6 Å². The van der Waals surface area contributed by atoms with Gasteiger partial charge in [-0.15, -0.1) is 0 Å². The zero-order valence-corrected chi connectivity index (χ0v) is 18.0. The summed E-state index contributed by atoms with van der Waals surface area (Å²) >= 11 is 3.45. The normalized spacial score (nSPS) is 17.1. The number of aryl methyl sites for hydroxylation is 1. The van der Waals surface area contributed by atoms with E-state index in [2.05, 4.69) is 26.6 Å². The van der Waals surface area contributed by atoms with E-state index in [9.17, 15) is 14.4 Å². The molecule has 1 aliphatic rings. The number of hydrogen-bond donors (Lipinski definition) is 2. The summed E-state index contributed by atoms with van der Waals surface area (Å²) < 4.78 is 0.970. The van der Waals surface area contributed by atoms with Crippen molar-refractivity contribution >= 4 is 39.3 Å². The van der Waals surface area contributed by atoms with Crippen LogP contribution in [-0.2, 0) is 20.9 Å². The zero-order chi connectivity index (χ0) is 21.0. The Morgan fingerprint density at radius 3 is 2.62 bits per heavy atom. The standard InChI is InChI=1S/C22H24BrN3O3/c1-14-10-18(8-9-19(14)23)26-13-17(11-20(26)27)22(29)25-15(2)21(28)24-12-16-6-4-3-5-7-16/h3-10,15,17H,11-13H2,1-2H3,(H,24,28)(H,25,29). The minimum atomic E-state index is -0.676. The lowest BCUT2D eigenvalue weighted by molar-refractivity contribution is -0.131. The summed E-state index contributed by atoms with van der Waals surface area (Å²) in [4.78, 5) is 38.9. The molecule has 1 heterocycles. The van der Waals surface area contributed by atoms with Gasteiger partial charge in [0.25, 0.3) is 0 Å². The Kier molecular flexibility index (Phi) is 6.69. The number of nitrogens with one attached hydrogen (secondary N) is 2. The molecule has 0 aliphatic carbocycles. The fraction of sp³-hybridized carbons (Fsp3) is 0.318. The van der Waals surface area contributed by atoms with Crippen LogP contribution in [0.25, 0.3) is 0 Å². The summed E-state index contributed by atoms with van der Waals surface area (Å²) in [5, 5.41) is 5.55. The molecular formula is C22H24BrN3O3. The third kappa shape index (κ3) is 5.23. The predicted molar refractivity (Wildman–Crippen MR) is 115 cm³/mol. The Balaban J connectivity index is 1.54. The highest BCUT2D eigenvalue weighted by molar-refractivity contribution is 9.10. The van der Waals surface area contributed by atoms with Crippen LogP contribution in [0.2, 0.25) is 0 Å². The zero-order valence-electron chi connectivity index (χ0n) is 16.4. The monoisotopic (exact) mass is 457 g/mol. The van der Waals surface area contributed by atoms with E-state index in [0.29, 0.717) is 13.1 Å². The molecule has 1 fully saturated rings. The molecule has 3 rings (SSSR count). The van der Waals surface area contributed by atoms with Crippen LogP contribution in [0, 0.1) is 12.8 Å². The Bertz CT molecular complexity index is 917. The molecule has 0 aromatic heterocycles. The molecule has 0 spiro atoms. The number of carbonyl (C=O) groups is 3. The van der Waals surface area contributed by atoms with Gasteiger partial charge in [0, 0.05) is 29.7 Å². The highest BCUT2D eigenvalue weighted by atomic mass is 79.9. The minimum Gasteiger partial charge on any atom is -0.350 e. The SMILES string of the molecule is Cc1cc(N2CC(C(=O)NC(C)C(=O)NCc3ccccc3)CC2=O)ccc1Br. The molecule has 2 N–H and O–H groups in total. The second-order valence-corrected chi connectivity index (χ2v) is 8.13. The molecule has 0 saturated carbocycles. The molecule has 2 aromatic carbocycles. The highest BCUT2D eigenvalue weighted by Gasteiger charge is 2.36. The lowest BCUT2D eigenvalue weighted by Gasteiger charge is -2.19. The number of hydrogen-bond acceptors (Lipinski definition) is 3. The number of amides is 3. The summed E-state index contributed by atoms with van der Waals surface area (Å²) in [5.74, 6) is -1.10. The Hall–Kier alpha value is -2.67. The van der Waals surface area contributed by atoms with Crippen LogP contribution in [0.1, 0.15) is 24.5 Å². The first-order valence-corrected chi connectivity index (χ1v) is 10.3. The molecule has 1 saturated heterocycles. The molecule has 2 aromatic rings. The van der Waals surface area contributed by atoms with Gasteiger partial charge < -0.3 is 15.5 Å². The van der Waals surface area contributed by atoms with Gasteiger partial charge in [-0.2, -0.15) is 0 Å². The highest BCUT2D eigenvalue weighted by Crippen LogP contribution is 2.28. The van der Waals surface area contributed by atoms with Gasteiger partial charge in [0.1, 0.15) is 6.04 Å². The summed E-state index contributed by atoms with van der Waals surface area (Å²) in [6.07, 6.45) is 0.138. The third-order valence-corrected chi connectivity index (χ3v) is 5.90. The van der Waals surface area contributed by atoms with Gasteiger partial charge in [0.05, 0.1) is 5.92 Å². The number of carbonyl (C=O) groups excluding carboxylic acids is 3. The Morgan fingerprint density at radius 2 is 1.93 bits per heavy atom. The quantitative estimate of drug-likeness (QED) is 0.699. The predicted octanol–water partition coefficient (Wildman–Crippen LogP) is 2.93. The second-order valence-electron chi connectivity index (χ2n) is 7.27. The van der Waals surface area contributed by atoms with E-state index in [0.717, 1.165) is 21.3 Å². The molecule has 3 amide bonds.